The lowest BCUT2D eigenvalue weighted by atomic mass is 10.2. The molecule has 1 N–H and O–H groups in total. The van der Waals surface area contributed by atoms with E-state index in [4.69, 9.17) is 0 Å². The van der Waals surface area contributed by atoms with E-state index in [0.717, 1.165) is 0 Å². The van der Waals surface area contributed by atoms with Gasteiger partial charge in [-0.05, 0) is 38.5 Å². The van der Waals surface area contributed by atoms with Crippen molar-refractivity contribution in [1.82, 2.24) is 0 Å². The number of aryl methyl sites for hydroxylation is 1. The first-order valence-electron chi connectivity index (χ1n) is 5.54. The zero-order valence-corrected chi connectivity index (χ0v) is 11.1. The van der Waals surface area contributed by atoms with Crippen LogP contribution in [0.3, 0.4) is 0 Å². The summed E-state index contributed by atoms with van der Waals surface area (Å²) in [6.45, 7) is 5.28. The fraction of sp³-hybridized carbons (Fsp3) is 0.500. The number of sulfone groups is 1. The van der Waals surface area contributed by atoms with Crippen molar-refractivity contribution < 1.29 is 12.8 Å². The molecule has 0 aromatic heterocycles. The largest absolute Gasteiger partial charge is 0.384 e. The number of halogens is 1. The normalized spacial score (nSPS) is 11.8. The summed E-state index contributed by atoms with van der Waals surface area (Å²) < 4.78 is 36.3. The van der Waals surface area contributed by atoms with Crippen LogP contribution >= 0.6 is 0 Å². The molecule has 0 heterocycles. The molecular weight excluding hydrogens is 241 g/mol. The molecule has 1 rings (SSSR count). The zero-order chi connectivity index (χ0) is 13.1. The Hall–Kier alpha value is -1.10. The van der Waals surface area contributed by atoms with E-state index in [1.807, 2.05) is 0 Å². The summed E-state index contributed by atoms with van der Waals surface area (Å²) >= 11 is 0. The monoisotopic (exact) mass is 259 g/mol. The molecule has 0 aliphatic heterocycles. The van der Waals surface area contributed by atoms with Crippen LogP contribution < -0.4 is 5.32 Å². The Morgan fingerprint density at radius 3 is 2.53 bits per heavy atom. The highest BCUT2D eigenvalue weighted by atomic mass is 32.2. The van der Waals surface area contributed by atoms with Crippen molar-refractivity contribution in [2.24, 2.45) is 0 Å². The highest BCUT2D eigenvalue weighted by Crippen LogP contribution is 2.13. The van der Waals surface area contributed by atoms with Crippen LogP contribution in [0.5, 0.6) is 0 Å². The third-order valence-electron chi connectivity index (χ3n) is 2.61. The molecule has 1 aromatic carbocycles. The summed E-state index contributed by atoms with van der Waals surface area (Å²) in [4.78, 5) is 0. The summed E-state index contributed by atoms with van der Waals surface area (Å²) in [7, 11) is -3.04. The molecule has 0 aliphatic carbocycles. The molecule has 0 fully saturated rings. The predicted molar refractivity (Wildman–Crippen MR) is 68.5 cm³/mol. The average Bonchev–Trinajstić information content (AvgIpc) is 2.23. The predicted octanol–water partition coefficient (Wildman–Crippen LogP) is 2.37. The smallest absolute Gasteiger partial charge is 0.154 e. The lowest BCUT2D eigenvalue weighted by Crippen LogP contribution is -2.22. The van der Waals surface area contributed by atoms with E-state index in [-0.39, 0.29) is 16.8 Å². The van der Waals surface area contributed by atoms with E-state index in [9.17, 15) is 12.8 Å². The van der Waals surface area contributed by atoms with Crippen LogP contribution in [0.15, 0.2) is 18.2 Å². The number of anilines is 1. The summed E-state index contributed by atoms with van der Waals surface area (Å²) in [5, 5.41) is 2.53. The second kappa shape index (κ2) is 5.49. The molecule has 0 atom stereocenters. The van der Waals surface area contributed by atoms with E-state index in [1.165, 1.54) is 6.07 Å². The molecule has 0 aliphatic rings. The Labute approximate surface area is 102 Å². The van der Waals surface area contributed by atoms with Gasteiger partial charge in [-0.3, -0.25) is 0 Å². The molecule has 0 radical (unpaired) electrons. The van der Waals surface area contributed by atoms with E-state index >= 15 is 0 Å². The van der Waals surface area contributed by atoms with Crippen molar-refractivity contribution in [3.05, 3.63) is 29.6 Å². The minimum absolute atomic E-state index is 0.0557. The number of hydrogen-bond acceptors (Lipinski definition) is 3. The first-order valence-corrected chi connectivity index (χ1v) is 7.26. The highest BCUT2D eigenvalue weighted by molar-refractivity contribution is 7.92. The molecule has 5 heteroatoms. The minimum Gasteiger partial charge on any atom is -0.384 e. The number of hydrogen-bond donors (Lipinski definition) is 1. The van der Waals surface area contributed by atoms with Crippen LogP contribution in [0.25, 0.3) is 0 Å². The molecule has 0 unspecified atom stereocenters. The maximum absolute atomic E-state index is 13.2. The van der Waals surface area contributed by atoms with Gasteiger partial charge in [0.05, 0.1) is 11.0 Å². The molecule has 0 saturated carbocycles. The first-order chi connectivity index (χ1) is 7.83. The Bertz CT molecular complexity index is 483. The summed E-state index contributed by atoms with van der Waals surface area (Å²) in [6.07, 6.45) is 0. The number of rotatable bonds is 5. The SMILES string of the molecule is Cc1ccc(NCCS(=O)(=O)C(C)C)cc1F. The first kappa shape index (κ1) is 14.0. The maximum Gasteiger partial charge on any atom is 0.154 e. The van der Waals surface area contributed by atoms with Crippen LogP contribution in [-0.4, -0.2) is 26.0 Å². The average molecular weight is 259 g/mol. The third-order valence-corrected chi connectivity index (χ3v) is 4.82. The van der Waals surface area contributed by atoms with E-state index in [2.05, 4.69) is 5.32 Å². The molecule has 0 spiro atoms. The van der Waals surface area contributed by atoms with E-state index in [1.54, 1.807) is 32.9 Å². The lowest BCUT2D eigenvalue weighted by molar-refractivity contribution is 0.588. The second-order valence-corrected chi connectivity index (χ2v) is 6.98. The molecular formula is C12H18FNO2S. The molecule has 0 saturated heterocycles. The fourth-order valence-corrected chi connectivity index (χ4v) is 2.13. The lowest BCUT2D eigenvalue weighted by Gasteiger charge is -2.10. The minimum atomic E-state index is -3.04. The topological polar surface area (TPSA) is 46.2 Å². The summed E-state index contributed by atoms with van der Waals surface area (Å²) in [6, 6.07) is 4.77. The second-order valence-electron chi connectivity index (χ2n) is 4.31. The molecule has 17 heavy (non-hydrogen) atoms. The van der Waals surface area contributed by atoms with Crippen LogP contribution in [0.4, 0.5) is 10.1 Å². The standard InChI is InChI=1S/C12H18FNO2S/c1-9(2)17(15,16)7-6-14-11-5-4-10(3)12(13)8-11/h4-5,8-9,14H,6-7H2,1-3H3. The Balaban J connectivity index is 2.55. The summed E-state index contributed by atoms with van der Waals surface area (Å²) in [5.41, 5.74) is 1.18. The van der Waals surface area contributed by atoms with Crippen molar-refractivity contribution in [2.45, 2.75) is 26.0 Å². The van der Waals surface area contributed by atoms with Gasteiger partial charge >= 0.3 is 0 Å². The van der Waals surface area contributed by atoms with Crippen LogP contribution in [0.1, 0.15) is 19.4 Å². The van der Waals surface area contributed by atoms with Crippen LogP contribution in [-0.2, 0) is 9.84 Å². The van der Waals surface area contributed by atoms with Crippen molar-refractivity contribution in [2.75, 3.05) is 17.6 Å². The van der Waals surface area contributed by atoms with Gasteiger partial charge in [0.15, 0.2) is 9.84 Å². The molecule has 0 bridgehead atoms. The maximum atomic E-state index is 13.2. The van der Waals surface area contributed by atoms with Gasteiger partial charge in [-0.25, -0.2) is 12.8 Å². The Morgan fingerprint density at radius 1 is 1.35 bits per heavy atom. The fourth-order valence-electron chi connectivity index (χ4n) is 1.28. The van der Waals surface area contributed by atoms with Gasteiger partial charge in [-0.2, -0.15) is 0 Å². The van der Waals surface area contributed by atoms with Gasteiger partial charge in [0, 0.05) is 12.2 Å². The molecule has 1 aromatic rings. The molecule has 0 amide bonds. The Morgan fingerprint density at radius 2 is 2.00 bits per heavy atom. The van der Waals surface area contributed by atoms with Crippen molar-refractivity contribution >= 4 is 15.5 Å². The van der Waals surface area contributed by atoms with Crippen molar-refractivity contribution in [1.29, 1.82) is 0 Å². The molecule has 96 valence electrons. The van der Waals surface area contributed by atoms with Gasteiger partial charge < -0.3 is 5.32 Å². The zero-order valence-electron chi connectivity index (χ0n) is 10.3. The number of benzene rings is 1. The van der Waals surface area contributed by atoms with E-state index < -0.39 is 9.84 Å². The van der Waals surface area contributed by atoms with Gasteiger partial charge in [0.25, 0.3) is 0 Å². The van der Waals surface area contributed by atoms with Crippen LogP contribution in [0, 0.1) is 12.7 Å². The Kier molecular flexibility index (Phi) is 4.51. The highest BCUT2D eigenvalue weighted by Gasteiger charge is 2.15. The van der Waals surface area contributed by atoms with Gasteiger partial charge in [0.2, 0.25) is 0 Å². The van der Waals surface area contributed by atoms with Crippen LogP contribution in [0.2, 0.25) is 0 Å². The quantitative estimate of drug-likeness (QED) is 0.883. The number of nitrogens with one attached hydrogen (secondary N) is 1. The van der Waals surface area contributed by atoms with Gasteiger partial charge in [0.1, 0.15) is 5.82 Å². The van der Waals surface area contributed by atoms with Crippen molar-refractivity contribution in [3.8, 4) is 0 Å². The van der Waals surface area contributed by atoms with Gasteiger partial charge in [-0.1, -0.05) is 6.07 Å². The van der Waals surface area contributed by atoms with E-state index in [0.29, 0.717) is 17.8 Å². The van der Waals surface area contributed by atoms with Gasteiger partial charge in [-0.15, -0.1) is 0 Å². The molecule has 3 nitrogen and oxygen atoms in total. The third kappa shape index (κ3) is 4.00. The summed E-state index contributed by atoms with van der Waals surface area (Å²) in [5.74, 6) is -0.234. The van der Waals surface area contributed by atoms with Crippen molar-refractivity contribution in [3.63, 3.8) is 0 Å².